The summed E-state index contributed by atoms with van der Waals surface area (Å²) in [5.74, 6) is -1.26. The lowest BCUT2D eigenvalue weighted by atomic mass is 9.73. The van der Waals surface area contributed by atoms with Crippen LogP contribution in [-0.2, 0) is 39.0 Å². The first-order valence-electron chi connectivity index (χ1n) is 6.99. The molecule has 22 heavy (non-hydrogen) atoms. The van der Waals surface area contributed by atoms with Gasteiger partial charge in [-0.2, -0.15) is 0 Å². The maximum absolute atomic E-state index is 11.1. The molecule has 0 spiro atoms. The van der Waals surface area contributed by atoms with Gasteiger partial charge in [-0.25, -0.2) is 8.42 Å². The standard InChI is InChI=1S/C13H20O8S/c1-8-11(20-22(16)17)13(7-19-10(3)15)5-4-12(8,21-13)6-18-9(2)14/h8,11,22H,4-7H2,1-3H3. The van der Waals surface area contributed by atoms with Crippen molar-refractivity contribution in [2.24, 2.45) is 5.92 Å². The van der Waals surface area contributed by atoms with Gasteiger partial charge in [0.15, 0.2) is 0 Å². The molecule has 126 valence electrons. The van der Waals surface area contributed by atoms with Gasteiger partial charge >= 0.3 is 11.9 Å². The Bertz CT molecular complexity index is 536. The molecule has 4 atom stereocenters. The largest absolute Gasteiger partial charge is 0.463 e. The molecule has 2 aliphatic rings. The van der Waals surface area contributed by atoms with Gasteiger partial charge in [0.05, 0.1) is 0 Å². The smallest absolute Gasteiger partial charge is 0.302 e. The Hall–Kier alpha value is -1.19. The van der Waals surface area contributed by atoms with Gasteiger partial charge in [0.25, 0.3) is 11.0 Å². The molecular formula is C13H20O8S. The van der Waals surface area contributed by atoms with Crippen molar-refractivity contribution in [1.82, 2.24) is 0 Å². The van der Waals surface area contributed by atoms with Gasteiger partial charge in [-0.3, -0.25) is 13.8 Å². The highest BCUT2D eigenvalue weighted by molar-refractivity contribution is 7.67. The van der Waals surface area contributed by atoms with Gasteiger partial charge in [-0.05, 0) is 12.8 Å². The van der Waals surface area contributed by atoms with Crippen LogP contribution in [0.1, 0.15) is 33.6 Å². The highest BCUT2D eigenvalue weighted by Gasteiger charge is 2.67. The van der Waals surface area contributed by atoms with Crippen molar-refractivity contribution in [1.29, 1.82) is 0 Å². The molecule has 0 saturated carbocycles. The summed E-state index contributed by atoms with van der Waals surface area (Å²) in [5.41, 5.74) is -1.84. The van der Waals surface area contributed by atoms with Crippen LogP contribution in [0.25, 0.3) is 0 Å². The number of fused-ring (bicyclic) bond motifs is 2. The molecule has 0 aliphatic carbocycles. The molecular weight excluding hydrogens is 316 g/mol. The lowest BCUT2D eigenvalue weighted by Crippen LogP contribution is -2.49. The van der Waals surface area contributed by atoms with Gasteiger partial charge in [0, 0.05) is 19.8 Å². The first-order valence-corrected chi connectivity index (χ1v) is 8.08. The Morgan fingerprint density at radius 3 is 2.09 bits per heavy atom. The average Bonchev–Trinajstić information content (AvgIpc) is 2.89. The Morgan fingerprint density at radius 2 is 1.59 bits per heavy atom. The summed E-state index contributed by atoms with van der Waals surface area (Å²) in [6.07, 6.45) is 0.245. The molecule has 8 nitrogen and oxygen atoms in total. The maximum atomic E-state index is 11.1. The first-order chi connectivity index (χ1) is 10.2. The topological polar surface area (TPSA) is 105 Å². The zero-order chi connectivity index (χ0) is 16.5. The van der Waals surface area contributed by atoms with Crippen molar-refractivity contribution in [2.45, 2.75) is 50.9 Å². The van der Waals surface area contributed by atoms with E-state index < -0.39 is 40.2 Å². The number of thiol groups is 1. The number of hydrogen-bond acceptors (Lipinski definition) is 8. The molecule has 4 unspecified atom stereocenters. The third-order valence-corrected chi connectivity index (χ3v) is 4.82. The molecule has 2 fully saturated rings. The molecule has 2 saturated heterocycles. The molecule has 0 N–H and O–H groups in total. The molecule has 0 radical (unpaired) electrons. The number of esters is 2. The third kappa shape index (κ3) is 3.11. The second-order valence-corrected chi connectivity index (χ2v) is 6.49. The number of hydrogen-bond donors (Lipinski definition) is 1. The first kappa shape index (κ1) is 17.2. The molecule has 2 aliphatic heterocycles. The summed E-state index contributed by atoms with van der Waals surface area (Å²) in [7, 11) is -3.08. The highest BCUT2D eigenvalue weighted by Crippen LogP contribution is 2.55. The molecule has 9 heteroatoms. The van der Waals surface area contributed by atoms with E-state index in [9.17, 15) is 18.0 Å². The monoisotopic (exact) mass is 336 g/mol. The van der Waals surface area contributed by atoms with Crippen LogP contribution in [0.15, 0.2) is 0 Å². The Labute approximate surface area is 130 Å². The fourth-order valence-electron chi connectivity index (χ4n) is 3.33. The molecule has 0 aromatic rings. The quantitative estimate of drug-likeness (QED) is 0.532. The van der Waals surface area contributed by atoms with Crippen molar-refractivity contribution in [3.63, 3.8) is 0 Å². The lowest BCUT2D eigenvalue weighted by Gasteiger charge is -2.34. The minimum Gasteiger partial charge on any atom is -0.463 e. The normalized spacial score (nSPS) is 36.5. The Balaban J connectivity index is 2.23. The van der Waals surface area contributed by atoms with Crippen LogP contribution in [0.3, 0.4) is 0 Å². The van der Waals surface area contributed by atoms with Crippen molar-refractivity contribution in [3.05, 3.63) is 0 Å². The number of carbonyl (C=O) groups excluding carboxylic acids is 2. The summed E-state index contributed by atoms with van der Waals surface area (Å²) in [6, 6.07) is 0. The second-order valence-electron chi connectivity index (χ2n) is 5.83. The van der Waals surface area contributed by atoms with Crippen molar-refractivity contribution in [3.8, 4) is 0 Å². The van der Waals surface area contributed by atoms with Gasteiger partial charge in [-0.15, -0.1) is 0 Å². The van der Waals surface area contributed by atoms with Crippen LogP contribution in [0.2, 0.25) is 0 Å². The number of carbonyl (C=O) groups is 2. The van der Waals surface area contributed by atoms with Gasteiger partial charge in [-0.1, -0.05) is 6.92 Å². The zero-order valence-corrected chi connectivity index (χ0v) is 13.6. The summed E-state index contributed by atoms with van der Waals surface area (Å²) < 4.78 is 43.1. The van der Waals surface area contributed by atoms with Crippen LogP contribution in [0, 0.1) is 5.92 Å². The van der Waals surface area contributed by atoms with Crippen LogP contribution < -0.4 is 0 Å². The van der Waals surface area contributed by atoms with E-state index in [2.05, 4.69) is 0 Å². The maximum Gasteiger partial charge on any atom is 0.302 e. The molecule has 0 aromatic carbocycles. The second kappa shape index (κ2) is 6.13. The lowest BCUT2D eigenvalue weighted by molar-refractivity contribution is -0.163. The molecule has 0 amide bonds. The van der Waals surface area contributed by atoms with Crippen LogP contribution in [0.5, 0.6) is 0 Å². The van der Waals surface area contributed by atoms with E-state index >= 15 is 0 Å². The van der Waals surface area contributed by atoms with Crippen LogP contribution >= 0.6 is 0 Å². The van der Waals surface area contributed by atoms with Crippen LogP contribution in [-0.4, -0.2) is 50.9 Å². The SMILES string of the molecule is CC(=O)OCC12CCC(COC(C)=O)(O1)C(O[SH](=O)=O)C2C. The van der Waals surface area contributed by atoms with Crippen molar-refractivity contribution in [2.75, 3.05) is 13.2 Å². The van der Waals surface area contributed by atoms with Crippen molar-refractivity contribution >= 4 is 22.9 Å². The minimum absolute atomic E-state index is 0.0147. The van der Waals surface area contributed by atoms with Gasteiger partial charge < -0.3 is 14.2 Å². The predicted molar refractivity (Wildman–Crippen MR) is 73.4 cm³/mol. The molecule has 2 bridgehead atoms. The van der Waals surface area contributed by atoms with E-state index in [1.165, 1.54) is 13.8 Å². The van der Waals surface area contributed by atoms with E-state index in [-0.39, 0.29) is 19.1 Å². The van der Waals surface area contributed by atoms with E-state index in [1.807, 2.05) is 0 Å². The van der Waals surface area contributed by atoms with E-state index in [0.29, 0.717) is 12.8 Å². The third-order valence-electron chi connectivity index (χ3n) is 4.42. The van der Waals surface area contributed by atoms with E-state index in [1.54, 1.807) is 6.92 Å². The summed E-state index contributed by atoms with van der Waals surface area (Å²) in [5, 5.41) is 0. The van der Waals surface area contributed by atoms with Gasteiger partial charge in [0.1, 0.15) is 30.5 Å². The van der Waals surface area contributed by atoms with Crippen molar-refractivity contribution < 1.29 is 36.4 Å². The van der Waals surface area contributed by atoms with Gasteiger partial charge in [0.2, 0.25) is 0 Å². The number of ether oxygens (including phenoxy) is 3. The van der Waals surface area contributed by atoms with E-state index in [4.69, 9.17) is 18.4 Å². The number of rotatable bonds is 6. The van der Waals surface area contributed by atoms with E-state index in [0.717, 1.165) is 0 Å². The highest BCUT2D eigenvalue weighted by atomic mass is 32.2. The Kier molecular flexibility index (Phi) is 4.78. The fourth-order valence-corrected chi connectivity index (χ4v) is 3.89. The zero-order valence-electron chi connectivity index (χ0n) is 12.7. The fraction of sp³-hybridized carbons (Fsp3) is 0.846. The average molecular weight is 336 g/mol. The van der Waals surface area contributed by atoms with Crippen LogP contribution in [0.4, 0.5) is 0 Å². The summed E-state index contributed by atoms with van der Waals surface area (Å²) in [4.78, 5) is 22.1. The summed E-state index contributed by atoms with van der Waals surface area (Å²) >= 11 is 0. The minimum atomic E-state index is -3.08. The summed E-state index contributed by atoms with van der Waals surface area (Å²) in [6.45, 7) is 4.25. The predicted octanol–water partition coefficient (Wildman–Crippen LogP) is -0.0381. The molecule has 2 heterocycles. The Morgan fingerprint density at radius 1 is 1.09 bits per heavy atom. The molecule has 0 aromatic heterocycles. The molecule has 2 rings (SSSR count).